The lowest BCUT2D eigenvalue weighted by molar-refractivity contribution is 0.269. The third-order valence-corrected chi connectivity index (χ3v) is 1.74. The van der Waals surface area contributed by atoms with E-state index in [1.165, 1.54) is 0 Å². The van der Waals surface area contributed by atoms with Crippen molar-refractivity contribution in [3.8, 4) is 5.88 Å². The average molecular weight is 164 g/mol. The van der Waals surface area contributed by atoms with E-state index in [4.69, 9.17) is 5.11 Å². The number of nitrogens with zero attached hydrogens (tertiary/aromatic N) is 2. The second-order valence-corrected chi connectivity index (χ2v) is 2.47. The van der Waals surface area contributed by atoms with Gasteiger partial charge >= 0.3 is 0 Å². The maximum atomic E-state index is 9.28. The summed E-state index contributed by atoms with van der Waals surface area (Å²) in [5, 5.41) is 18.1. The molecule has 2 aromatic rings. The Bertz CT molecular complexity index is 408. The average Bonchev–Trinajstić information content (AvgIpc) is 2.44. The van der Waals surface area contributed by atoms with E-state index in [1.54, 1.807) is 22.7 Å². The van der Waals surface area contributed by atoms with E-state index in [0.717, 1.165) is 0 Å². The number of imidazole rings is 1. The number of aliphatic hydroxyl groups is 1. The zero-order valence-electron chi connectivity index (χ0n) is 6.31. The van der Waals surface area contributed by atoms with Crippen molar-refractivity contribution in [3.05, 3.63) is 30.2 Å². The Kier molecular flexibility index (Phi) is 1.48. The van der Waals surface area contributed by atoms with Crippen LogP contribution < -0.4 is 0 Å². The summed E-state index contributed by atoms with van der Waals surface area (Å²) in [5.74, 6) is 0.405. The van der Waals surface area contributed by atoms with Crippen molar-refractivity contribution in [3.63, 3.8) is 0 Å². The summed E-state index contributed by atoms with van der Waals surface area (Å²) in [7, 11) is 0. The minimum atomic E-state index is -0.175. The van der Waals surface area contributed by atoms with Crippen LogP contribution in [0.15, 0.2) is 24.4 Å². The van der Waals surface area contributed by atoms with Crippen LogP contribution in [-0.2, 0) is 6.61 Å². The first-order valence-electron chi connectivity index (χ1n) is 3.58. The highest BCUT2D eigenvalue weighted by Gasteiger charge is 2.06. The van der Waals surface area contributed by atoms with Crippen molar-refractivity contribution in [2.24, 2.45) is 0 Å². The summed E-state index contributed by atoms with van der Waals surface area (Å²) < 4.78 is 1.65. The van der Waals surface area contributed by atoms with Gasteiger partial charge in [-0.25, -0.2) is 0 Å². The SMILES string of the molecule is OCc1nc(O)c2ccccn12. The molecule has 0 bridgehead atoms. The van der Waals surface area contributed by atoms with Crippen LogP contribution in [0.5, 0.6) is 5.88 Å². The molecule has 0 aliphatic heterocycles. The first kappa shape index (κ1) is 7.12. The number of pyridine rings is 1. The van der Waals surface area contributed by atoms with Crippen molar-refractivity contribution in [2.45, 2.75) is 6.61 Å². The molecule has 4 nitrogen and oxygen atoms in total. The summed E-state index contributed by atoms with van der Waals surface area (Å²) >= 11 is 0. The Morgan fingerprint density at radius 2 is 2.25 bits per heavy atom. The number of aromatic nitrogens is 2. The van der Waals surface area contributed by atoms with Gasteiger partial charge in [-0.2, -0.15) is 4.98 Å². The molecule has 2 rings (SSSR count). The molecule has 0 saturated carbocycles. The summed E-state index contributed by atoms with van der Waals surface area (Å²) in [5.41, 5.74) is 0.613. The predicted molar refractivity (Wildman–Crippen MR) is 42.8 cm³/mol. The lowest BCUT2D eigenvalue weighted by Crippen LogP contribution is -1.92. The highest BCUT2D eigenvalue weighted by Crippen LogP contribution is 2.17. The van der Waals surface area contributed by atoms with Crippen LogP contribution in [0.1, 0.15) is 5.82 Å². The first-order chi connectivity index (χ1) is 5.83. The molecule has 0 fully saturated rings. The molecule has 0 aliphatic rings. The first-order valence-corrected chi connectivity index (χ1v) is 3.58. The number of hydrogen-bond acceptors (Lipinski definition) is 3. The monoisotopic (exact) mass is 164 g/mol. The van der Waals surface area contributed by atoms with Gasteiger partial charge in [-0.05, 0) is 12.1 Å². The van der Waals surface area contributed by atoms with Gasteiger partial charge in [-0.3, -0.25) is 4.40 Å². The van der Waals surface area contributed by atoms with Crippen LogP contribution >= 0.6 is 0 Å². The molecule has 0 spiro atoms. The second kappa shape index (κ2) is 2.49. The maximum Gasteiger partial charge on any atom is 0.237 e. The van der Waals surface area contributed by atoms with Gasteiger partial charge in [-0.1, -0.05) is 6.07 Å². The largest absolute Gasteiger partial charge is 0.492 e. The second-order valence-electron chi connectivity index (χ2n) is 2.47. The standard InChI is InChI=1S/C8H8N2O2/c11-5-7-9-8(12)6-3-1-2-4-10(6)7/h1-4,11-12H,5H2. The van der Waals surface area contributed by atoms with E-state index in [1.807, 2.05) is 6.07 Å². The molecule has 0 amide bonds. The topological polar surface area (TPSA) is 57.8 Å². The van der Waals surface area contributed by atoms with Crippen LogP contribution in [0.2, 0.25) is 0 Å². The van der Waals surface area contributed by atoms with Crippen LogP contribution in [-0.4, -0.2) is 19.6 Å². The molecule has 0 saturated heterocycles. The molecule has 4 heteroatoms. The Hall–Kier alpha value is -1.55. The molecule has 0 aliphatic carbocycles. The fourth-order valence-electron chi connectivity index (χ4n) is 1.20. The maximum absolute atomic E-state index is 9.28. The summed E-state index contributed by atoms with van der Waals surface area (Å²) in [6, 6.07) is 5.35. The lowest BCUT2D eigenvalue weighted by Gasteiger charge is -1.94. The number of fused-ring (bicyclic) bond motifs is 1. The number of hydrogen-bond donors (Lipinski definition) is 2. The van der Waals surface area contributed by atoms with Gasteiger partial charge < -0.3 is 10.2 Å². The van der Waals surface area contributed by atoms with Crippen molar-refractivity contribution in [1.82, 2.24) is 9.38 Å². The summed E-state index contributed by atoms with van der Waals surface area (Å²) in [6.45, 7) is -0.175. The minimum Gasteiger partial charge on any atom is -0.492 e. The quantitative estimate of drug-likeness (QED) is 0.646. The molecule has 12 heavy (non-hydrogen) atoms. The third kappa shape index (κ3) is 0.853. The van der Waals surface area contributed by atoms with Crippen molar-refractivity contribution < 1.29 is 10.2 Å². The van der Waals surface area contributed by atoms with Crippen molar-refractivity contribution in [1.29, 1.82) is 0 Å². The Morgan fingerprint density at radius 3 is 3.00 bits per heavy atom. The fraction of sp³-hybridized carbons (Fsp3) is 0.125. The molecule has 2 N–H and O–H groups in total. The molecule has 0 atom stereocenters. The van der Waals surface area contributed by atoms with Gasteiger partial charge in [0.15, 0.2) is 0 Å². The third-order valence-electron chi connectivity index (χ3n) is 1.74. The number of aliphatic hydroxyl groups excluding tert-OH is 1. The van der Waals surface area contributed by atoms with E-state index in [0.29, 0.717) is 11.3 Å². The van der Waals surface area contributed by atoms with Gasteiger partial charge in [-0.15, -0.1) is 0 Å². The predicted octanol–water partition coefficient (Wildman–Crippen LogP) is 0.532. The number of rotatable bonds is 1. The van der Waals surface area contributed by atoms with E-state index < -0.39 is 0 Å². The number of aromatic hydroxyl groups is 1. The Balaban J connectivity index is 2.82. The van der Waals surface area contributed by atoms with Gasteiger partial charge in [0.2, 0.25) is 5.88 Å². The van der Waals surface area contributed by atoms with E-state index in [9.17, 15) is 5.11 Å². The van der Waals surface area contributed by atoms with Crippen LogP contribution in [0.25, 0.3) is 5.52 Å². The van der Waals surface area contributed by atoms with Crippen molar-refractivity contribution >= 4 is 5.52 Å². The summed E-state index contributed by atoms with van der Waals surface area (Å²) in [6.07, 6.45) is 1.74. The van der Waals surface area contributed by atoms with Gasteiger partial charge in [0.25, 0.3) is 0 Å². The molecule has 2 aromatic heterocycles. The zero-order chi connectivity index (χ0) is 8.55. The molecule has 0 radical (unpaired) electrons. The molecule has 62 valence electrons. The zero-order valence-corrected chi connectivity index (χ0v) is 6.31. The Morgan fingerprint density at radius 1 is 1.42 bits per heavy atom. The van der Waals surface area contributed by atoms with Gasteiger partial charge in [0.1, 0.15) is 17.9 Å². The van der Waals surface area contributed by atoms with Crippen molar-refractivity contribution in [2.75, 3.05) is 0 Å². The molecule has 0 unspecified atom stereocenters. The molecular weight excluding hydrogens is 156 g/mol. The Labute approximate surface area is 68.7 Å². The molecular formula is C8H8N2O2. The van der Waals surface area contributed by atoms with Gasteiger partial charge in [0, 0.05) is 6.20 Å². The van der Waals surface area contributed by atoms with Crippen LogP contribution in [0, 0.1) is 0 Å². The smallest absolute Gasteiger partial charge is 0.237 e. The summed E-state index contributed by atoms with van der Waals surface area (Å²) in [4.78, 5) is 3.78. The minimum absolute atomic E-state index is 0.0420. The van der Waals surface area contributed by atoms with E-state index in [2.05, 4.69) is 4.98 Å². The lowest BCUT2D eigenvalue weighted by atomic mass is 10.4. The van der Waals surface area contributed by atoms with Crippen LogP contribution in [0.4, 0.5) is 0 Å². The molecule has 2 heterocycles. The highest BCUT2D eigenvalue weighted by atomic mass is 16.3. The normalized spacial score (nSPS) is 10.8. The van der Waals surface area contributed by atoms with Crippen LogP contribution in [0.3, 0.4) is 0 Å². The fourth-order valence-corrected chi connectivity index (χ4v) is 1.20. The van der Waals surface area contributed by atoms with E-state index in [-0.39, 0.29) is 12.5 Å². The van der Waals surface area contributed by atoms with Gasteiger partial charge in [0.05, 0.1) is 0 Å². The highest BCUT2D eigenvalue weighted by molar-refractivity contribution is 5.56. The van der Waals surface area contributed by atoms with E-state index >= 15 is 0 Å². The molecule has 0 aromatic carbocycles.